The number of ketones is 1. The molecule has 0 fully saturated rings. The number of allylic oxidation sites excluding steroid dienone is 4. The largest absolute Gasteiger partial charge is 0.295 e. The van der Waals surface area contributed by atoms with Crippen LogP contribution < -0.4 is 0 Å². The van der Waals surface area contributed by atoms with Gasteiger partial charge in [0.15, 0.2) is 5.78 Å². The molecule has 1 nitrogen and oxygen atoms in total. The van der Waals surface area contributed by atoms with E-state index in [0.717, 1.165) is 17.6 Å². The molecule has 0 heterocycles. The third kappa shape index (κ3) is 4.42. The predicted molar refractivity (Wildman–Crippen MR) is 90.0 cm³/mol. The van der Waals surface area contributed by atoms with E-state index in [1.807, 2.05) is 24.3 Å². The first kappa shape index (κ1) is 15.8. The number of benzene rings is 1. The summed E-state index contributed by atoms with van der Waals surface area (Å²) in [5.74, 6) is 0.591. The summed E-state index contributed by atoms with van der Waals surface area (Å²) in [7, 11) is 0. The molecule has 0 aromatic heterocycles. The molecule has 1 aliphatic carbocycles. The Morgan fingerprint density at radius 3 is 2.62 bits per heavy atom. The lowest BCUT2D eigenvalue weighted by molar-refractivity contribution is -0.115. The lowest BCUT2D eigenvalue weighted by atomic mass is 9.80. The second-order valence-electron chi connectivity index (χ2n) is 6.00. The molecule has 0 saturated carbocycles. The predicted octanol–water partition coefficient (Wildman–Crippen LogP) is 5.58. The van der Waals surface area contributed by atoms with Gasteiger partial charge in [-0.1, -0.05) is 69.5 Å². The molecule has 0 amide bonds. The van der Waals surface area contributed by atoms with Crippen molar-refractivity contribution in [3.05, 3.63) is 53.6 Å². The maximum Gasteiger partial charge on any atom is 0.156 e. The van der Waals surface area contributed by atoms with E-state index < -0.39 is 0 Å². The third-order valence-electron chi connectivity index (χ3n) is 4.16. The van der Waals surface area contributed by atoms with Gasteiger partial charge in [0.25, 0.3) is 0 Å². The van der Waals surface area contributed by atoms with Crippen molar-refractivity contribution in [3.63, 3.8) is 0 Å². The van der Waals surface area contributed by atoms with Crippen molar-refractivity contribution in [1.82, 2.24) is 0 Å². The summed E-state index contributed by atoms with van der Waals surface area (Å²) < 4.78 is 0. The average molecular weight is 282 g/mol. The Bertz CT molecular complexity index is 522. The Morgan fingerprint density at radius 2 is 1.90 bits per heavy atom. The number of unbranched alkanes of at least 4 members (excludes halogenated alkanes) is 4. The van der Waals surface area contributed by atoms with Gasteiger partial charge in [0.2, 0.25) is 0 Å². The molecule has 0 bridgehead atoms. The van der Waals surface area contributed by atoms with Crippen molar-refractivity contribution in [2.24, 2.45) is 5.92 Å². The molecule has 0 saturated heterocycles. The molecule has 0 N–H and O–H groups in total. The van der Waals surface area contributed by atoms with Crippen LogP contribution in [-0.4, -0.2) is 5.78 Å². The van der Waals surface area contributed by atoms with Crippen LogP contribution in [0.3, 0.4) is 0 Å². The minimum absolute atomic E-state index is 0.254. The Morgan fingerprint density at radius 1 is 1.14 bits per heavy atom. The smallest absolute Gasteiger partial charge is 0.156 e. The maximum absolute atomic E-state index is 11.9. The first-order chi connectivity index (χ1) is 10.2. The van der Waals surface area contributed by atoms with Gasteiger partial charge in [0.1, 0.15) is 0 Å². The second-order valence-corrected chi connectivity index (χ2v) is 6.00. The Kier molecular flexibility index (Phi) is 5.98. The standard InChI is InChI=1S/C20H26O/c1-3-4-5-6-10-13-19-16(2)14-18(21)15-20(19)17-11-8-7-9-12-17/h7-9,11-13,15-16H,3-6,10,14H2,1-2H3/b19-13-. The molecule has 1 aliphatic rings. The van der Waals surface area contributed by atoms with Gasteiger partial charge in [-0.3, -0.25) is 4.79 Å². The average Bonchev–Trinajstić information content (AvgIpc) is 2.49. The van der Waals surface area contributed by atoms with Crippen LogP contribution in [-0.2, 0) is 4.79 Å². The van der Waals surface area contributed by atoms with E-state index in [0.29, 0.717) is 12.3 Å². The van der Waals surface area contributed by atoms with Gasteiger partial charge in [0.05, 0.1) is 0 Å². The van der Waals surface area contributed by atoms with E-state index in [1.165, 1.54) is 31.3 Å². The highest BCUT2D eigenvalue weighted by Crippen LogP contribution is 2.35. The number of hydrogen-bond acceptors (Lipinski definition) is 1. The highest BCUT2D eigenvalue weighted by Gasteiger charge is 2.22. The van der Waals surface area contributed by atoms with Crippen LogP contribution in [0.5, 0.6) is 0 Å². The second kappa shape index (κ2) is 7.97. The van der Waals surface area contributed by atoms with Crippen LogP contribution >= 0.6 is 0 Å². The molecule has 112 valence electrons. The van der Waals surface area contributed by atoms with E-state index in [4.69, 9.17) is 0 Å². The first-order valence-electron chi connectivity index (χ1n) is 8.22. The molecule has 0 aliphatic heterocycles. The van der Waals surface area contributed by atoms with Crippen LogP contribution in [0.25, 0.3) is 5.57 Å². The Hall–Kier alpha value is -1.63. The summed E-state index contributed by atoms with van der Waals surface area (Å²) in [6.07, 6.45) is 11.1. The molecular weight excluding hydrogens is 256 g/mol. The summed E-state index contributed by atoms with van der Waals surface area (Å²) in [4.78, 5) is 11.9. The molecule has 1 atom stereocenters. The topological polar surface area (TPSA) is 17.1 Å². The molecule has 1 aromatic carbocycles. The minimum Gasteiger partial charge on any atom is -0.295 e. The number of carbonyl (C=O) groups excluding carboxylic acids is 1. The molecule has 21 heavy (non-hydrogen) atoms. The molecule has 2 rings (SSSR count). The van der Waals surface area contributed by atoms with Crippen molar-refractivity contribution in [2.75, 3.05) is 0 Å². The molecule has 1 aromatic rings. The summed E-state index contributed by atoms with van der Waals surface area (Å²) in [6, 6.07) is 10.3. The van der Waals surface area contributed by atoms with E-state index >= 15 is 0 Å². The summed E-state index contributed by atoms with van der Waals surface area (Å²) in [6.45, 7) is 4.41. The zero-order valence-corrected chi connectivity index (χ0v) is 13.3. The van der Waals surface area contributed by atoms with Crippen LogP contribution in [0, 0.1) is 5.92 Å². The number of hydrogen-bond donors (Lipinski definition) is 0. The Labute approximate surface area is 128 Å². The zero-order chi connectivity index (χ0) is 15.1. The van der Waals surface area contributed by atoms with Gasteiger partial charge in [0, 0.05) is 6.42 Å². The summed E-state index contributed by atoms with van der Waals surface area (Å²) >= 11 is 0. The summed E-state index contributed by atoms with van der Waals surface area (Å²) in [5.41, 5.74) is 3.66. The van der Waals surface area contributed by atoms with E-state index in [9.17, 15) is 4.79 Å². The fourth-order valence-electron chi connectivity index (χ4n) is 2.99. The number of carbonyl (C=O) groups is 1. The van der Waals surface area contributed by atoms with Gasteiger partial charge in [-0.05, 0) is 41.5 Å². The molecule has 1 heteroatoms. The van der Waals surface area contributed by atoms with Crippen molar-refractivity contribution < 1.29 is 4.79 Å². The maximum atomic E-state index is 11.9. The van der Waals surface area contributed by atoms with Crippen molar-refractivity contribution >= 4 is 11.4 Å². The van der Waals surface area contributed by atoms with Gasteiger partial charge in [-0.2, -0.15) is 0 Å². The van der Waals surface area contributed by atoms with Crippen molar-refractivity contribution in [1.29, 1.82) is 0 Å². The van der Waals surface area contributed by atoms with E-state index in [1.54, 1.807) is 0 Å². The fraction of sp³-hybridized carbons (Fsp3) is 0.450. The van der Waals surface area contributed by atoms with Crippen molar-refractivity contribution in [3.8, 4) is 0 Å². The van der Waals surface area contributed by atoms with Crippen LogP contribution in [0.2, 0.25) is 0 Å². The Balaban J connectivity index is 2.17. The fourth-order valence-corrected chi connectivity index (χ4v) is 2.99. The summed E-state index contributed by atoms with van der Waals surface area (Å²) in [5, 5.41) is 0. The minimum atomic E-state index is 0.254. The van der Waals surface area contributed by atoms with Gasteiger partial charge in [-0.25, -0.2) is 0 Å². The highest BCUT2D eigenvalue weighted by molar-refractivity contribution is 6.03. The number of rotatable bonds is 6. The lowest BCUT2D eigenvalue weighted by Crippen LogP contribution is -2.14. The first-order valence-corrected chi connectivity index (χ1v) is 8.22. The van der Waals surface area contributed by atoms with Crippen LogP contribution in [0.4, 0.5) is 0 Å². The lowest BCUT2D eigenvalue weighted by Gasteiger charge is -2.23. The molecule has 0 radical (unpaired) electrons. The van der Waals surface area contributed by atoms with Gasteiger partial charge >= 0.3 is 0 Å². The van der Waals surface area contributed by atoms with Crippen molar-refractivity contribution in [2.45, 2.75) is 52.4 Å². The monoisotopic (exact) mass is 282 g/mol. The van der Waals surface area contributed by atoms with Crippen LogP contribution in [0.15, 0.2) is 48.1 Å². The van der Waals surface area contributed by atoms with Crippen LogP contribution in [0.1, 0.15) is 57.9 Å². The van der Waals surface area contributed by atoms with E-state index in [2.05, 4.69) is 32.1 Å². The SMILES string of the molecule is CCCCCC/C=C1\C(c2ccccc2)=CC(=O)CC1C. The van der Waals surface area contributed by atoms with E-state index in [-0.39, 0.29) is 5.78 Å². The zero-order valence-electron chi connectivity index (χ0n) is 13.3. The van der Waals surface area contributed by atoms with Gasteiger partial charge in [-0.15, -0.1) is 0 Å². The highest BCUT2D eigenvalue weighted by atomic mass is 16.1. The molecule has 1 unspecified atom stereocenters. The van der Waals surface area contributed by atoms with Gasteiger partial charge < -0.3 is 0 Å². The quantitative estimate of drug-likeness (QED) is 0.623. The normalized spacial score (nSPS) is 20.7. The molecule has 0 spiro atoms. The molecular formula is C20H26O. The third-order valence-corrected chi connectivity index (χ3v) is 4.16.